The van der Waals surface area contributed by atoms with Gasteiger partial charge in [-0.1, -0.05) is 60.7 Å². The van der Waals surface area contributed by atoms with Crippen LogP contribution in [-0.2, 0) is 33.5 Å². The number of carboxylic acids is 1. The van der Waals surface area contributed by atoms with Crippen molar-refractivity contribution in [1.29, 1.82) is 0 Å². The number of hydrogen-bond acceptors (Lipinski definition) is 2. The zero-order chi connectivity index (χ0) is 15.1. The summed E-state index contributed by atoms with van der Waals surface area (Å²) in [4.78, 5) is 11.5. The van der Waals surface area contributed by atoms with E-state index in [1.54, 1.807) is 0 Å². The third-order valence-electron chi connectivity index (χ3n) is 3.47. The molecule has 0 aliphatic rings. The van der Waals surface area contributed by atoms with Crippen LogP contribution < -0.4 is 0 Å². The summed E-state index contributed by atoms with van der Waals surface area (Å²) >= 11 is 0.390. The van der Waals surface area contributed by atoms with Gasteiger partial charge in [0.1, 0.15) is 5.92 Å². The Labute approximate surface area is 128 Å². The molecule has 0 aliphatic carbocycles. The molecule has 4 heteroatoms. The topological polar surface area (TPSA) is 54.4 Å². The highest BCUT2D eigenvalue weighted by Crippen LogP contribution is 2.18. The minimum Gasteiger partial charge on any atom is -0.481 e. The molecule has 0 saturated carbocycles. The van der Waals surface area contributed by atoms with Gasteiger partial charge in [-0.3, -0.25) is 4.79 Å². The first kappa shape index (κ1) is 15.3. The van der Waals surface area contributed by atoms with Crippen molar-refractivity contribution in [2.75, 3.05) is 0 Å². The Morgan fingerprint density at radius 1 is 0.905 bits per heavy atom. The maximum atomic E-state index is 11.5. The Balaban J connectivity index is 2.15. The summed E-state index contributed by atoms with van der Waals surface area (Å²) in [6, 6.07) is 19.0. The first-order valence-corrected chi connectivity index (χ1v) is 7.60. The Bertz CT molecular complexity index is 583. The molecule has 2 aromatic carbocycles. The lowest BCUT2D eigenvalue weighted by molar-refractivity contribution is -0.141. The van der Waals surface area contributed by atoms with Crippen LogP contribution in [0.1, 0.15) is 11.1 Å². The molecule has 108 valence electrons. The smallest absolute Gasteiger partial charge is 0.463 e. The molecule has 2 atom stereocenters. The van der Waals surface area contributed by atoms with Crippen LogP contribution in [-0.4, -0.2) is 16.3 Å². The van der Waals surface area contributed by atoms with E-state index >= 15 is 0 Å². The van der Waals surface area contributed by atoms with E-state index < -0.39 is 17.1 Å². The monoisotopic (exact) mass is 301 g/mol. The van der Waals surface area contributed by atoms with Crippen molar-refractivity contribution in [2.24, 2.45) is 5.92 Å². The van der Waals surface area contributed by atoms with Crippen LogP contribution in [0.5, 0.6) is 0 Å². The average molecular weight is 301 g/mol. The maximum absolute atomic E-state index is 11.5. The molecule has 0 saturated heterocycles. The summed E-state index contributed by atoms with van der Waals surface area (Å²) in [5, 5.41) is 8.98. The second-order valence-electron chi connectivity index (χ2n) is 4.96. The van der Waals surface area contributed by atoms with Gasteiger partial charge in [0, 0.05) is 10.6 Å². The highest BCUT2D eigenvalue weighted by Gasteiger charge is 2.38. The molecular weight excluding hydrogens is 284 g/mol. The lowest BCUT2D eigenvalue weighted by Gasteiger charge is -2.12. The Morgan fingerprint density at radius 3 is 1.81 bits per heavy atom. The predicted octanol–water partition coefficient (Wildman–Crippen LogP) is 2.97. The fourth-order valence-corrected chi connectivity index (χ4v) is 2.94. The van der Waals surface area contributed by atoms with Crippen molar-refractivity contribution >= 4 is 17.6 Å². The molecule has 0 heterocycles. The molecule has 0 bridgehead atoms. The third-order valence-corrected chi connectivity index (χ3v) is 4.21. The Hall–Kier alpha value is -2.07. The van der Waals surface area contributed by atoms with Crippen LogP contribution in [0.2, 0.25) is 0 Å². The van der Waals surface area contributed by atoms with E-state index in [9.17, 15) is 14.1 Å². The first-order chi connectivity index (χ1) is 10.2. The van der Waals surface area contributed by atoms with Crippen molar-refractivity contribution in [2.45, 2.75) is 18.1 Å². The summed E-state index contributed by atoms with van der Waals surface area (Å²) < 4.78 is 11.4. The molecule has 0 fully saturated rings. The molecule has 0 aliphatic heterocycles. The van der Waals surface area contributed by atoms with Gasteiger partial charge >= 0.3 is 17.6 Å². The molecule has 0 spiro atoms. The van der Waals surface area contributed by atoms with Gasteiger partial charge in [-0.15, -0.1) is 0 Å². The van der Waals surface area contributed by atoms with Crippen molar-refractivity contribution in [1.82, 2.24) is 0 Å². The molecule has 2 aromatic rings. The molecule has 21 heavy (non-hydrogen) atoms. The van der Waals surface area contributed by atoms with Gasteiger partial charge in [-0.2, -0.15) is 0 Å². The third kappa shape index (κ3) is 4.46. The van der Waals surface area contributed by atoms with Crippen molar-refractivity contribution in [3.63, 3.8) is 0 Å². The van der Waals surface area contributed by atoms with Crippen LogP contribution in [0.25, 0.3) is 0 Å². The molecule has 0 aromatic heterocycles. The summed E-state index contributed by atoms with van der Waals surface area (Å²) in [5.74, 6) is -1.60. The summed E-state index contributed by atoms with van der Waals surface area (Å²) in [7, 11) is 0. The van der Waals surface area contributed by atoms with E-state index in [4.69, 9.17) is 0 Å². The highest BCUT2D eigenvalue weighted by atomic mass is 32.1. The fraction of sp³-hybridized carbons (Fsp3) is 0.235. The van der Waals surface area contributed by atoms with E-state index in [1.165, 1.54) is 0 Å². The highest BCUT2D eigenvalue weighted by molar-refractivity contribution is 7.66. The number of hydrogen-bond donors (Lipinski definition) is 1. The van der Waals surface area contributed by atoms with Crippen molar-refractivity contribution < 1.29 is 14.1 Å². The second-order valence-corrected chi connectivity index (χ2v) is 5.76. The minimum atomic E-state index is -0.914. The van der Waals surface area contributed by atoms with Crippen molar-refractivity contribution in [3.8, 4) is 0 Å². The van der Waals surface area contributed by atoms with Crippen LogP contribution in [0.15, 0.2) is 60.7 Å². The number of aliphatic carboxylic acids is 1. The largest absolute Gasteiger partial charge is 0.481 e. The van der Waals surface area contributed by atoms with Crippen LogP contribution in [0.4, 0.5) is 0 Å². The van der Waals surface area contributed by atoms with Crippen LogP contribution in [0.3, 0.4) is 0 Å². The molecule has 0 amide bonds. The minimum absolute atomic E-state index is 0.378. The summed E-state index contributed by atoms with van der Waals surface area (Å²) in [6.45, 7) is 0. The van der Waals surface area contributed by atoms with Crippen LogP contribution >= 0.6 is 0 Å². The summed E-state index contributed by atoms with van der Waals surface area (Å²) in [6.07, 6.45) is 0.849. The van der Waals surface area contributed by atoms with E-state index in [0.29, 0.717) is 24.5 Å². The predicted molar refractivity (Wildman–Crippen MR) is 83.3 cm³/mol. The zero-order valence-corrected chi connectivity index (χ0v) is 12.3. The number of benzene rings is 2. The van der Waals surface area contributed by atoms with E-state index in [0.717, 1.165) is 11.1 Å². The Kier molecular flexibility index (Phi) is 5.58. The molecule has 2 rings (SSSR count). The van der Waals surface area contributed by atoms with Gasteiger partial charge in [0.15, 0.2) is 0 Å². The van der Waals surface area contributed by atoms with E-state index in [1.807, 2.05) is 60.7 Å². The quantitative estimate of drug-likeness (QED) is 0.800. The molecule has 3 nitrogen and oxygen atoms in total. The van der Waals surface area contributed by atoms with Gasteiger partial charge in [0.2, 0.25) is 0 Å². The first-order valence-electron chi connectivity index (χ1n) is 6.80. The average Bonchev–Trinajstić information content (AvgIpc) is 2.52. The van der Waals surface area contributed by atoms with E-state index in [-0.39, 0.29) is 0 Å². The normalized spacial score (nSPS) is 13.3. The zero-order valence-electron chi connectivity index (χ0n) is 11.5. The second kappa shape index (κ2) is 7.64. The Morgan fingerprint density at radius 2 is 1.38 bits per heavy atom. The maximum Gasteiger partial charge on any atom is 0.463 e. The number of carbonyl (C=O) groups is 1. The molecular formula is C17H17O3S+. The van der Waals surface area contributed by atoms with Crippen LogP contribution in [0, 0.1) is 5.92 Å². The van der Waals surface area contributed by atoms with Gasteiger partial charge in [0.25, 0.3) is 5.25 Å². The molecule has 0 radical (unpaired) electrons. The lowest BCUT2D eigenvalue weighted by atomic mass is 9.92. The van der Waals surface area contributed by atoms with Gasteiger partial charge in [-0.25, -0.2) is 0 Å². The van der Waals surface area contributed by atoms with Gasteiger partial charge in [-0.05, 0) is 17.5 Å². The lowest BCUT2D eigenvalue weighted by Crippen LogP contribution is -2.31. The molecule has 1 N–H and O–H groups in total. The van der Waals surface area contributed by atoms with Gasteiger partial charge in [0.05, 0.1) is 0 Å². The van der Waals surface area contributed by atoms with Gasteiger partial charge < -0.3 is 5.11 Å². The standard InChI is InChI=1S/C17H16O3S/c18-17(19)15(11-13-7-3-1-4-8-13)16(21-20)12-14-9-5-2-6-10-14/h1-10,15-16H,11-12H2/p+1. The fourth-order valence-electron chi connectivity index (χ4n) is 2.34. The number of carboxylic acid groups (broad SMARTS) is 1. The summed E-state index contributed by atoms with van der Waals surface area (Å²) in [5.41, 5.74) is 1.93. The SMILES string of the molecule is O=[S+]C(Cc1ccccc1)C(Cc1ccccc1)C(=O)O. The van der Waals surface area contributed by atoms with Crippen molar-refractivity contribution in [3.05, 3.63) is 71.8 Å². The number of rotatable bonds is 7. The molecule has 2 unspecified atom stereocenters. The van der Waals surface area contributed by atoms with E-state index in [2.05, 4.69) is 0 Å².